The second-order valence-corrected chi connectivity index (χ2v) is 10.4. The number of aromatic nitrogens is 4. The van der Waals surface area contributed by atoms with Crippen molar-refractivity contribution in [2.75, 3.05) is 39.0 Å². The van der Waals surface area contributed by atoms with Gasteiger partial charge >= 0.3 is 0 Å². The summed E-state index contributed by atoms with van der Waals surface area (Å²) in [5.74, 6) is 0.543. The third-order valence-electron chi connectivity index (χ3n) is 7.59. The highest BCUT2D eigenvalue weighted by molar-refractivity contribution is 6.06. The summed E-state index contributed by atoms with van der Waals surface area (Å²) in [7, 11) is 3.71. The third-order valence-corrected chi connectivity index (χ3v) is 7.59. The predicted molar refractivity (Wildman–Crippen MR) is 151 cm³/mol. The maximum Gasteiger partial charge on any atom is 0.251 e. The lowest BCUT2D eigenvalue weighted by Crippen LogP contribution is -2.31. The molecule has 1 aliphatic rings. The third kappa shape index (κ3) is 6.04. The van der Waals surface area contributed by atoms with E-state index in [-0.39, 0.29) is 22.8 Å². The summed E-state index contributed by atoms with van der Waals surface area (Å²) in [5, 5.41) is 6.18. The highest BCUT2D eigenvalue weighted by Gasteiger charge is 2.19. The number of likely N-dealkylation sites (tertiary alicyclic amines) is 1. The molecule has 0 spiro atoms. The summed E-state index contributed by atoms with van der Waals surface area (Å²) in [6.45, 7) is 4.88. The largest absolute Gasteiger partial charge is 0.369 e. The van der Waals surface area contributed by atoms with Crippen molar-refractivity contribution in [1.82, 2.24) is 30.2 Å². The molecule has 5 rings (SSSR count). The first-order valence-electron chi connectivity index (χ1n) is 13.4. The predicted octanol–water partition coefficient (Wildman–Crippen LogP) is 4.69. The Kier molecular flexibility index (Phi) is 8.07. The van der Waals surface area contributed by atoms with Gasteiger partial charge in [0.15, 0.2) is 0 Å². The number of carbonyl (C=O) groups is 1. The number of pyridine rings is 2. The summed E-state index contributed by atoms with van der Waals surface area (Å²) in [4.78, 5) is 32.6. The van der Waals surface area contributed by atoms with Gasteiger partial charge < -0.3 is 15.5 Å². The Balaban J connectivity index is 1.27. The van der Waals surface area contributed by atoms with E-state index < -0.39 is 5.82 Å². The molecule has 9 heteroatoms. The highest BCUT2D eigenvalue weighted by atomic mass is 19.1. The summed E-state index contributed by atoms with van der Waals surface area (Å²) >= 11 is 0. The number of benzene rings is 1. The summed E-state index contributed by atoms with van der Waals surface area (Å²) in [5.41, 5.74) is 4.46. The molecule has 0 radical (unpaired) electrons. The minimum Gasteiger partial charge on any atom is -0.369 e. The fourth-order valence-electron chi connectivity index (χ4n) is 5.21. The van der Waals surface area contributed by atoms with E-state index in [1.807, 2.05) is 19.2 Å². The maximum atomic E-state index is 14.7. The Morgan fingerprint density at radius 1 is 1.10 bits per heavy atom. The number of amides is 1. The number of nitrogens with zero attached hydrogens (tertiary/aromatic N) is 5. The van der Waals surface area contributed by atoms with Crippen molar-refractivity contribution in [2.24, 2.45) is 5.92 Å². The topological polar surface area (TPSA) is 95.9 Å². The van der Waals surface area contributed by atoms with Crippen LogP contribution in [0.5, 0.6) is 0 Å². The normalized spacial score (nSPS) is 15.3. The molecule has 202 valence electrons. The van der Waals surface area contributed by atoms with Gasteiger partial charge in [-0.3, -0.25) is 14.8 Å². The molecule has 8 nitrogen and oxygen atoms in total. The number of piperidine rings is 1. The molecule has 3 aromatic heterocycles. The first-order chi connectivity index (χ1) is 18.9. The highest BCUT2D eigenvalue weighted by Crippen LogP contribution is 2.29. The lowest BCUT2D eigenvalue weighted by molar-refractivity contribution is 0.0964. The van der Waals surface area contributed by atoms with Crippen molar-refractivity contribution in [3.63, 3.8) is 0 Å². The van der Waals surface area contributed by atoms with Crippen LogP contribution in [0, 0.1) is 11.7 Å². The second kappa shape index (κ2) is 11.8. The van der Waals surface area contributed by atoms with Crippen LogP contribution >= 0.6 is 0 Å². The van der Waals surface area contributed by atoms with Gasteiger partial charge in [-0.2, -0.15) is 0 Å². The van der Waals surface area contributed by atoms with Crippen molar-refractivity contribution in [1.29, 1.82) is 0 Å². The Labute approximate surface area is 228 Å². The molecule has 4 aromatic rings. The van der Waals surface area contributed by atoms with E-state index in [0.717, 1.165) is 42.0 Å². The van der Waals surface area contributed by atoms with Crippen LogP contribution in [0.2, 0.25) is 0 Å². The van der Waals surface area contributed by atoms with Crippen molar-refractivity contribution in [3.8, 4) is 11.3 Å². The van der Waals surface area contributed by atoms with E-state index in [9.17, 15) is 9.18 Å². The summed E-state index contributed by atoms with van der Waals surface area (Å²) < 4.78 is 14.7. The van der Waals surface area contributed by atoms with E-state index in [2.05, 4.69) is 49.7 Å². The Morgan fingerprint density at radius 3 is 2.67 bits per heavy atom. The van der Waals surface area contributed by atoms with Crippen LogP contribution in [0.3, 0.4) is 0 Å². The molecule has 0 aliphatic carbocycles. The molecular formula is C30H34FN7O. The molecule has 2 N–H and O–H groups in total. The van der Waals surface area contributed by atoms with Gasteiger partial charge in [-0.15, -0.1) is 0 Å². The minimum absolute atomic E-state index is 0.0283. The Bertz CT molecular complexity index is 1450. The Morgan fingerprint density at radius 2 is 1.92 bits per heavy atom. The van der Waals surface area contributed by atoms with Crippen LogP contribution in [0.25, 0.3) is 22.2 Å². The van der Waals surface area contributed by atoms with Gasteiger partial charge in [0.05, 0.1) is 16.8 Å². The van der Waals surface area contributed by atoms with Crippen molar-refractivity contribution < 1.29 is 9.18 Å². The quantitative estimate of drug-likeness (QED) is 0.343. The van der Waals surface area contributed by atoms with Crippen LogP contribution < -0.4 is 10.6 Å². The number of fused-ring (bicyclic) bond motifs is 1. The number of hydrogen-bond donors (Lipinski definition) is 2. The zero-order chi connectivity index (χ0) is 27.4. The number of rotatable bonds is 8. The van der Waals surface area contributed by atoms with Crippen LogP contribution in [-0.2, 0) is 6.42 Å². The van der Waals surface area contributed by atoms with Crippen LogP contribution in [0.15, 0.2) is 55.1 Å². The van der Waals surface area contributed by atoms with E-state index >= 15 is 0 Å². The molecule has 0 saturated carbocycles. The molecule has 1 saturated heterocycles. The van der Waals surface area contributed by atoms with Crippen LogP contribution in [-0.4, -0.2) is 64.5 Å². The average molecular weight is 528 g/mol. The number of halogens is 1. The molecule has 1 aliphatic heterocycles. The monoisotopic (exact) mass is 527 g/mol. The van der Waals surface area contributed by atoms with Crippen molar-refractivity contribution >= 4 is 22.6 Å². The average Bonchev–Trinajstić information content (AvgIpc) is 2.97. The number of carbonyl (C=O) groups excluding carboxylic acids is 1. The molecule has 4 heterocycles. The van der Waals surface area contributed by atoms with Gasteiger partial charge in [0.25, 0.3) is 5.91 Å². The van der Waals surface area contributed by atoms with Gasteiger partial charge in [-0.05, 0) is 75.1 Å². The van der Waals surface area contributed by atoms with Crippen molar-refractivity contribution in [3.05, 3.63) is 77.8 Å². The van der Waals surface area contributed by atoms with Crippen LogP contribution in [0.1, 0.15) is 47.3 Å². The maximum absolute atomic E-state index is 14.7. The molecule has 1 unspecified atom stereocenters. The zero-order valence-corrected chi connectivity index (χ0v) is 22.6. The van der Waals surface area contributed by atoms with Gasteiger partial charge in [0, 0.05) is 54.6 Å². The first kappa shape index (κ1) is 26.6. The molecule has 1 fully saturated rings. The molecule has 0 bridgehead atoms. The molecule has 1 amide bonds. The standard InChI is InChI=1S/C30H34FN7O/c1-19(23-6-7-25(31)28-24(30(39)32-2)8-11-33-29(23)28)16-35-27-15-26(36-18-37-27)21-4-5-22(34-17-21)14-20-9-12-38(3)13-10-20/h4-8,11,15,17-20H,9-10,12-14,16H2,1-3H3,(H,32,39)(H,35,36,37). The number of nitrogens with one attached hydrogen (secondary N) is 2. The Hall–Kier alpha value is -3.98. The summed E-state index contributed by atoms with van der Waals surface area (Å²) in [6.07, 6.45) is 8.43. The van der Waals surface area contributed by atoms with Crippen LogP contribution in [0.4, 0.5) is 10.2 Å². The van der Waals surface area contributed by atoms with E-state index in [0.29, 0.717) is 23.8 Å². The molecule has 1 atom stereocenters. The van der Waals surface area contributed by atoms with E-state index in [1.165, 1.54) is 32.0 Å². The molecular weight excluding hydrogens is 493 g/mol. The van der Waals surface area contributed by atoms with Gasteiger partial charge in [-0.1, -0.05) is 13.0 Å². The molecule has 1 aromatic carbocycles. The van der Waals surface area contributed by atoms with Gasteiger partial charge in [0.2, 0.25) is 0 Å². The zero-order valence-electron chi connectivity index (χ0n) is 22.6. The second-order valence-electron chi connectivity index (χ2n) is 10.4. The van der Waals surface area contributed by atoms with E-state index in [1.54, 1.807) is 18.6 Å². The summed E-state index contributed by atoms with van der Waals surface area (Å²) in [6, 6.07) is 10.8. The lowest BCUT2D eigenvalue weighted by atomic mass is 9.92. The van der Waals surface area contributed by atoms with Gasteiger partial charge in [0.1, 0.15) is 18.0 Å². The number of anilines is 1. The fourth-order valence-corrected chi connectivity index (χ4v) is 5.21. The van der Waals surface area contributed by atoms with Gasteiger partial charge in [-0.25, -0.2) is 14.4 Å². The smallest absolute Gasteiger partial charge is 0.251 e. The fraction of sp³-hybridized carbons (Fsp3) is 0.367. The SMILES string of the molecule is CNC(=O)c1ccnc2c(C(C)CNc3cc(-c4ccc(CC5CCN(C)CC5)nc4)ncn3)ccc(F)c12. The van der Waals surface area contributed by atoms with Crippen molar-refractivity contribution in [2.45, 2.75) is 32.1 Å². The molecule has 39 heavy (non-hydrogen) atoms. The lowest BCUT2D eigenvalue weighted by Gasteiger charge is -2.28. The first-order valence-corrected chi connectivity index (χ1v) is 13.4. The van der Waals surface area contributed by atoms with E-state index in [4.69, 9.17) is 4.98 Å². The minimum atomic E-state index is -0.466. The number of hydrogen-bond acceptors (Lipinski definition) is 7.